The first-order chi connectivity index (χ1) is 7.31. The van der Waals surface area contributed by atoms with Gasteiger partial charge in [-0.2, -0.15) is 0 Å². The van der Waals surface area contributed by atoms with E-state index in [4.69, 9.17) is 5.11 Å². The van der Waals surface area contributed by atoms with Crippen LogP contribution in [0.3, 0.4) is 0 Å². The Kier molecular flexibility index (Phi) is 3.02. The summed E-state index contributed by atoms with van der Waals surface area (Å²) >= 11 is 0. The molecular weight excluding hydrogens is 190 g/mol. The number of amides is 1. The van der Waals surface area contributed by atoms with Gasteiger partial charge in [0.2, 0.25) is 5.91 Å². The zero-order valence-corrected chi connectivity index (χ0v) is 8.60. The SMILES string of the molecule is O=C1[C@H](Cc2ccccc2)CCN1CO. The molecule has 3 nitrogen and oxygen atoms in total. The molecule has 1 fully saturated rings. The molecule has 1 aromatic rings. The number of benzene rings is 1. The summed E-state index contributed by atoms with van der Waals surface area (Å²) in [4.78, 5) is 13.2. The van der Waals surface area contributed by atoms with Crippen molar-refractivity contribution >= 4 is 5.91 Å². The van der Waals surface area contributed by atoms with E-state index in [1.807, 2.05) is 30.3 Å². The van der Waals surface area contributed by atoms with Crippen LogP contribution in [-0.2, 0) is 11.2 Å². The van der Waals surface area contributed by atoms with E-state index < -0.39 is 0 Å². The Morgan fingerprint density at radius 2 is 2.07 bits per heavy atom. The molecule has 0 spiro atoms. The average Bonchev–Trinajstić information content (AvgIpc) is 2.62. The maximum Gasteiger partial charge on any atom is 0.227 e. The fourth-order valence-corrected chi connectivity index (χ4v) is 2.03. The number of rotatable bonds is 3. The van der Waals surface area contributed by atoms with Gasteiger partial charge in [-0.1, -0.05) is 30.3 Å². The van der Waals surface area contributed by atoms with E-state index in [-0.39, 0.29) is 18.6 Å². The van der Waals surface area contributed by atoms with E-state index in [0.29, 0.717) is 6.54 Å². The van der Waals surface area contributed by atoms with Crippen molar-refractivity contribution < 1.29 is 9.90 Å². The molecule has 0 saturated carbocycles. The fraction of sp³-hybridized carbons (Fsp3) is 0.417. The first kappa shape index (κ1) is 10.2. The van der Waals surface area contributed by atoms with Crippen LogP contribution in [-0.4, -0.2) is 29.2 Å². The van der Waals surface area contributed by atoms with Crippen molar-refractivity contribution in [3.05, 3.63) is 35.9 Å². The highest BCUT2D eigenvalue weighted by Gasteiger charge is 2.30. The van der Waals surface area contributed by atoms with Crippen LogP contribution >= 0.6 is 0 Å². The van der Waals surface area contributed by atoms with Crippen LogP contribution in [0.15, 0.2) is 30.3 Å². The second-order valence-corrected chi connectivity index (χ2v) is 3.92. The molecule has 1 saturated heterocycles. The Morgan fingerprint density at radius 1 is 1.33 bits per heavy atom. The summed E-state index contributed by atoms with van der Waals surface area (Å²) in [5.74, 6) is 0.140. The van der Waals surface area contributed by atoms with Crippen molar-refractivity contribution in [1.82, 2.24) is 4.90 Å². The molecule has 1 aliphatic rings. The summed E-state index contributed by atoms with van der Waals surface area (Å²) in [5.41, 5.74) is 1.19. The molecule has 1 heterocycles. The second-order valence-electron chi connectivity index (χ2n) is 3.92. The van der Waals surface area contributed by atoms with Crippen molar-refractivity contribution in [1.29, 1.82) is 0 Å². The highest BCUT2D eigenvalue weighted by Crippen LogP contribution is 2.21. The van der Waals surface area contributed by atoms with Crippen LogP contribution < -0.4 is 0 Å². The van der Waals surface area contributed by atoms with Gasteiger partial charge in [-0.25, -0.2) is 0 Å². The van der Waals surface area contributed by atoms with E-state index in [1.54, 1.807) is 0 Å². The van der Waals surface area contributed by atoms with Crippen LogP contribution in [0.1, 0.15) is 12.0 Å². The number of hydrogen-bond donors (Lipinski definition) is 1. The summed E-state index contributed by atoms with van der Waals surface area (Å²) in [6.07, 6.45) is 1.64. The van der Waals surface area contributed by atoms with Gasteiger partial charge in [0, 0.05) is 12.5 Å². The third-order valence-electron chi connectivity index (χ3n) is 2.90. The molecule has 0 unspecified atom stereocenters. The molecule has 15 heavy (non-hydrogen) atoms. The van der Waals surface area contributed by atoms with E-state index in [9.17, 15) is 4.79 Å². The Labute approximate surface area is 89.3 Å². The fourth-order valence-electron chi connectivity index (χ4n) is 2.03. The average molecular weight is 205 g/mol. The number of aliphatic hydroxyl groups excluding tert-OH is 1. The second kappa shape index (κ2) is 4.45. The van der Waals surface area contributed by atoms with Gasteiger partial charge in [0.1, 0.15) is 6.73 Å². The Balaban J connectivity index is 2.00. The third kappa shape index (κ3) is 2.18. The molecule has 0 bridgehead atoms. The van der Waals surface area contributed by atoms with Gasteiger partial charge in [0.15, 0.2) is 0 Å². The number of carbonyl (C=O) groups is 1. The highest BCUT2D eigenvalue weighted by molar-refractivity contribution is 5.81. The highest BCUT2D eigenvalue weighted by atomic mass is 16.3. The monoisotopic (exact) mass is 205 g/mol. The van der Waals surface area contributed by atoms with Gasteiger partial charge in [0.25, 0.3) is 0 Å². The van der Waals surface area contributed by atoms with Gasteiger partial charge in [-0.3, -0.25) is 4.79 Å². The van der Waals surface area contributed by atoms with Crippen LogP contribution in [0.2, 0.25) is 0 Å². The number of carbonyl (C=O) groups excluding carboxylic acids is 1. The molecule has 0 aromatic heterocycles. The van der Waals surface area contributed by atoms with Gasteiger partial charge in [-0.05, 0) is 18.4 Å². The largest absolute Gasteiger partial charge is 0.376 e. The van der Waals surface area contributed by atoms with E-state index in [0.717, 1.165) is 12.8 Å². The molecule has 1 aliphatic heterocycles. The summed E-state index contributed by atoms with van der Waals surface area (Å²) < 4.78 is 0. The van der Waals surface area contributed by atoms with Crippen LogP contribution in [0.5, 0.6) is 0 Å². The normalized spacial score (nSPS) is 21.0. The minimum atomic E-state index is -0.149. The van der Waals surface area contributed by atoms with Gasteiger partial charge in [0.05, 0.1) is 0 Å². The Bertz CT molecular complexity index is 337. The van der Waals surface area contributed by atoms with E-state index in [2.05, 4.69) is 0 Å². The lowest BCUT2D eigenvalue weighted by molar-refractivity contribution is -0.133. The predicted molar refractivity (Wildman–Crippen MR) is 57.1 cm³/mol. The van der Waals surface area contributed by atoms with Gasteiger partial charge in [-0.15, -0.1) is 0 Å². The van der Waals surface area contributed by atoms with Crippen LogP contribution in [0.4, 0.5) is 0 Å². The Morgan fingerprint density at radius 3 is 2.67 bits per heavy atom. The molecule has 1 N–H and O–H groups in total. The maximum absolute atomic E-state index is 11.7. The molecule has 0 radical (unpaired) electrons. The third-order valence-corrected chi connectivity index (χ3v) is 2.90. The van der Waals surface area contributed by atoms with Crippen LogP contribution in [0, 0.1) is 5.92 Å². The summed E-state index contributed by atoms with van der Waals surface area (Å²) in [6.45, 7) is 0.539. The summed E-state index contributed by atoms with van der Waals surface area (Å²) in [6, 6.07) is 10.0. The standard InChI is InChI=1S/C12H15NO2/c14-9-13-7-6-11(12(13)15)8-10-4-2-1-3-5-10/h1-5,11,14H,6-9H2/t11-/m0/s1. The minimum Gasteiger partial charge on any atom is -0.376 e. The molecule has 1 aromatic carbocycles. The zero-order chi connectivity index (χ0) is 10.7. The van der Waals surface area contributed by atoms with Crippen molar-refractivity contribution in [2.45, 2.75) is 12.8 Å². The predicted octanol–water partition coefficient (Wildman–Crippen LogP) is 1.03. The zero-order valence-electron chi connectivity index (χ0n) is 8.60. The van der Waals surface area contributed by atoms with Crippen molar-refractivity contribution in [3.8, 4) is 0 Å². The van der Waals surface area contributed by atoms with Gasteiger partial charge < -0.3 is 10.0 Å². The number of hydrogen-bond acceptors (Lipinski definition) is 2. The first-order valence-corrected chi connectivity index (χ1v) is 5.25. The number of likely N-dealkylation sites (tertiary alicyclic amines) is 1. The van der Waals surface area contributed by atoms with E-state index >= 15 is 0 Å². The topological polar surface area (TPSA) is 40.5 Å². The van der Waals surface area contributed by atoms with Gasteiger partial charge >= 0.3 is 0 Å². The molecule has 3 heteroatoms. The quantitative estimate of drug-likeness (QED) is 0.800. The molecule has 1 amide bonds. The lowest BCUT2D eigenvalue weighted by Crippen LogP contribution is -2.28. The Hall–Kier alpha value is -1.35. The molecule has 1 atom stereocenters. The summed E-state index contributed by atoms with van der Waals surface area (Å²) in [5, 5.41) is 8.93. The molecular formula is C12H15NO2. The lowest BCUT2D eigenvalue weighted by atomic mass is 9.98. The minimum absolute atomic E-state index is 0.0551. The summed E-state index contributed by atoms with van der Waals surface area (Å²) in [7, 11) is 0. The maximum atomic E-state index is 11.7. The van der Waals surface area contributed by atoms with Crippen molar-refractivity contribution in [2.75, 3.05) is 13.3 Å². The molecule has 80 valence electrons. The molecule has 2 rings (SSSR count). The lowest BCUT2D eigenvalue weighted by Gasteiger charge is -2.12. The van der Waals surface area contributed by atoms with E-state index in [1.165, 1.54) is 10.5 Å². The molecule has 0 aliphatic carbocycles. The van der Waals surface area contributed by atoms with Crippen molar-refractivity contribution in [2.24, 2.45) is 5.92 Å². The number of nitrogens with zero attached hydrogens (tertiary/aromatic N) is 1. The van der Waals surface area contributed by atoms with Crippen molar-refractivity contribution in [3.63, 3.8) is 0 Å². The smallest absolute Gasteiger partial charge is 0.227 e. The first-order valence-electron chi connectivity index (χ1n) is 5.25. The number of aliphatic hydroxyl groups is 1. The van der Waals surface area contributed by atoms with Crippen LogP contribution in [0.25, 0.3) is 0 Å².